The van der Waals surface area contributed by atoms with Gasteiger partial charge in [-0.1, -0.05) is 12.1 Å². The van der Waals surface area contributed by atoms with Crippen LogP contribution in [-0.4, -0.2) is 40.3 Å². The van der Waals surface area contributed by atoms with Crippen LogP contribution in [0.4, 0.5) is 10.1 Å². The average Bonchev–Trinajstić information content (AvgIpc) is 2.74. The Morgan fingerprint density at radius 3 is 2.57 bits per heavy atom. The van der Waals surface area contributed by atoms with E-state index in [0.29, 0.717) is 13.0 Å². The van der Waals surface area contributed by atoms with Crippen LogP contribution >= 0.6 is 0 Å². The maximum atomic E-state index is 13.7. The molecule has 0 saturated heterocycles. The van der Waals surface area contributed by atoms with Crippen LogP contribution in [0, 0.1) is 5.82 Å². The Hall–Kier alpha value is -3.61. The third-order valence-electron chi connectivity index (χ3n) is 4.20. The third-order valence-corrected chi connectivity index (χ3v) is 4.20. The number of anilines is 1. The Labute approximate surface area is 162 Å². The summed E-state index contributed by atoms with van der Waals surface area (Å²) >= 11 is 0. The zero-order valence-electron chi connectivity index (χ0n) is 15.3. The molecule has 1 aromatic carbocycles. The van der Waals surface area contributed by atoms with Crippen molar-refractivity contribution in [2.75, 3.05) is 18.9 Å². The Kier molecular flexibility index (Phi) is 6.06. The number of hydrogen-bond acceptors (Lipinski definition) is 4. The van der Waals surface area contributed by atoms with Crippen LogP contribution in [0.15, 0.2) is 67.1 Å². The van der Waals surface area contributed by atoms with Gasteiger partial charge in [0.15, 0.2) is 0 Å². The topological polar surface area (TPSA) is 75.2 Å². The second-order valence-electron chi connectivity index (χ2n) is 6.20. The van der Waals surface area contributed by atoms with Crippen molar-refractivity contribution < 1.29 is 14.0 Å². The van der Waals surface area contributed by atoms with E-state index in [9.17, 15) is 14.0 Å². The molecule has 3 aromatic rings. The van der Waals surface area contributed by atoms with Gasteiger partial charge in [0.2, 0.25) is 0 Å². The van der Waals surface area contributed by atoms with Gasteiger partial charge in [-0.25, -0.2) is 4.39 Å². The number of rotatable bonds is 6. The van der Waals surface area contributed by atoms with Crippen LogP contribution in [0.25, 0.3) is 0 Å². The molecule has 1 N–H and O–H groups in total. The molecular weight excluding hydrogens is 359 g/mol. The van der Waals surface area contributed by atoms with Crippen molar-refractivity contribution in [2.24, 2.45) is 0 Å². The van der Waals surface area contributed by atoms with E-state index < -0.39 is 11.7 Å². The van der Waals surface area contributed by atoms with E-state index in [2.05, 4.69) is 15.3 Å². The van der Waals surface area contributed by atoms with Crippen molar-refractivity contribution in [2.45, 2.75) is 6.42 Å². The molecule has 0 atom stereocenters. The number of nitrogens with zero attached hydrogens (tertiary/aromatic N) is 3. The molecule has 0 aliphatic rings. The zero-order valence-corrected chi connectivity index (χ0v) is 15.3. The molecule has 2 amide bonds. The second kappa shape index (κ2) is 8.85. The molecule has 2 aromatic heterocycles. The molecule has 0 spiro atoms. The smallest absolute Gasteiger partial charge is 0.272 e. The molecule has 28 heavy (non-hydrogen) atoms. The molecule has 0 fully saturated rings. The number of nitrogens with one attached hydrogen (secondary N) is 1. The SMILES string of the molecule is CN(CCc1ccncc1)C(=O)c1cc(C(=O)Nc2ccccc2F)ccn1. The predicted molar refractivity (Wildman–Crippen MR) is 103 cm³/mol. The summed E-state index contributed by atoms with van der Waals surface area (Å²) in [5.41, 5.74) is 1.52. The lowest BCUT2D eigenvalue weighted by atomic mass is 10.1. The highest BCUT2D eigenvalue weighted by molar-refractivity contribution is 6.05. The van der Waals surface area contributed by atoms with E-state index in [1.807, 2.05) is 12.1 Å². The Bertz CT molecular complexity index is 979. The molecule has 7 heteroatoms. The number of aromatic nitrogens is 2. The lowest BCUT2D eigenvalue weighted by Crippen LogP contribution is -2.29. The van der Waals surface area contributed by atoms with Gasteiger partial charge in [-0.2, -0.15) is 0 Å². The van der Waals surface area contributed by atoms with Gasteiger partial charge in [0.1, 0.15) is 11.5 Å². The van der Waals surface area contributed by atoms with Crippen LogP contribution in [0.2, 0.25) is 0 Å². The van der Waals surface area contributed by atoms with Crippen molar-refractivity contribution in [1.29, 1.82) is 0 Å². The van der Waals surface area contributed by atoms with Gasteiger partial charge in [-0.05, 0) is 48.4 Å². The minimum atomic E-state index is -0.531. The molecule has 0 aliphatic carbocycles. The quantitative estimate of drug-likeness (QED) is 0.715. The van der Waals surface area contributed by atoms with Crippen molar-refractivity contribution >= 4 is 17.5 Å². The molecule has 0 unspecified atom stereocenters. The Balaban J connectivity index is 1.67. The minimum Gasteiger partial charge on any atom is -0.340 e. The first kappa shape index (κ1) is 19.2. The summed E-state index contributed by atoms with van der Waals surface area (Å²) in [6.45, 7) is 0.496. The van der Waals surface area contributed by atoms with Gasteiger partial charge in [-0.15, -0.1) is 0 Å². The number of carbonyl (C=O) groups excluding carboxylic acids is 2. The minimum absolute atomic E-state index is 0.0756. The van der Waals surface area contributed by atoms with E-state index in [1.165, 1.54) is 36.5 Å². The summed E-state index contributed by atoms with van der Waals surface area (Å²) in [6.07, 6.45) is 5.48. The van der Waals surface area contributed by atoms with Crippen LogP contribution < -0.4 is 5.32 Å². The Morgan fingerprint density at radius 2 is 1.82 bits per heavy atom. The summed E-state index contributed by atoms with van der Waals surface area (Å²) in [7, 11) is 1.68. The molecule has 142 valence electrons. The summed E-state index contributed by atoms with van der Waals surface area (Å²) in [5.74, 6) is -1.34. The van der Waals surface area contributed by atoms with Crippen LogP contribution in [-0.2, 0) is 6.42 Å². The lowest BCUT2D eigenvalue weighted by molar-refractivity contribution is 0.0791. The van der Waals surface area contributed by atoms with Gasteiger partial charge in [0.25, 0.3) is 11.8 Å². The molecule has 6 nitrogen and oxygen atoms in total. The van der Waals surface area contributed by atoms with Crippen LogP contribution in [0.3, 0.4) is 0 Å². The number of carbonyl (C=O) groups is 2. The first-order valence-corrected chi connectivity index (χ1v) is 8.71. The highest BCUT2D eigenvalue weighted by atomic mass is 19.1. The number of likely N-dealkylation sites (N-methyl/N-ethyl adjacent to an activating group) is 1. The normalized spacial score (nSPS) is 10.4. The molecule has 2 heterocycles. The van der Waals surface area contributed by atoms with Crippen molar-refractivity contribution in [1.82, 2.24) is 14.9 Å². The molecule has 0 aliphatic heterocycles. The number of pyridine rings is 2. The number of halogens is 1. The average molecular weight is 378 g/mol. The lowest BCUT2D eigenvalue weighted by Gasteiger charge is -2.17. The van der Waals surface area contributed by atoms with E-state index >= 15 is 0 Å². The van der Waals surface area contributed by atoms with Gasteiger partial charge < -0.3 is 10.2 Å². The van der Waals surface area contributed by atoms with Crippen molar-refractivity contribution in [3.05, 3.63) is 89.8 Å². The van der Waals surface area contributed by atoms with Crippen molar-refractivity contribution in [3.8, 4) is 0 Å². The maximum absolute atomic E-state index is 13.7. The fraction of sp³-hybridized carbons (Fsp3) is 0.143. The van der Waals surface area contributed by atoms with Gasteiger partial charge in [0, 0.05) is 37.7 Å². The largest absolute Gasteiger partial charge is 0.340 e. The number of para-hydroxylation sites is 1. The Morgan fingerprint density at radius 1 is 1.07 bits per heavy atom. The standard InChI is InChI=1S/C21H19FN4O2/c1-26(13-9-15-6-10-23-11-7-15)21(28)19-14-16(8-12-24-19)20(27)25-18-5-3-2-4-17(18)22/h2-8,10-12,14H,9,13H2,1H3,(H,25,27). The van der Waals surface area contributed by atoms with E-state index in [1.54, 1.807) is 30.4 Å². The predicted octanol–water partition coefficient (Wildman–Crippen LogP) is 3.18. The summed E-state index contributed by atoms with van der Waals surface area (Å²) < 4.78 is 13.7. The van der Waals surface area contributed by atoms with E-state index in [-0.39, 0.29) is 22.9 Å². The first-order valence-electron chi connectivity index (χ1n) is 8.71. The van der Waals surface area contributed by atoms with Gasteiger partial charge in [-0.3, -0.25) is 19.6 Å². The fourth-order valence-corrected chi connectivity index (χ4v) is 2.59. The number of amides is 2. The molecule has 0 bridgehead atoms. The highest BCUT2D eigenvalue weighted by Gasteiger charge is 2.16. The second-order valence-corrected chi connectivity index (χ2v) is 6.20. The van der Waals surface area contributed by atoms with Gasteiger partial charge in [0.05, 0.1) is 5.69 Å². The molecule has 3 rings (SSSR count). The first-order chi connectivity index (χ1) is 13.5. The van der Waals surface area contributed by atoms with E-state index in [0.717, 1.165) is 5.56 Å². The van der Waals surface area contributed by atoms with E-state index in [4.69, 9.17) is 0 Å². The van der Waals surface area contributed by atoms with Crippen molar-refractivity contribution in [3.63, 3.8) is 0 Å². The molecule has 0 radical (unpaired) electrons. The summed E-state index contributed by atoms with van der Waals surface area (Å²) in [6, 6.07) is 12.6. The fourth-order valence-electron chi connectivity index (χ4n) is 2.59. The number of hydrogen-bond donors (Lipinski definition) is 1. The molecular formula is C21H19FN4O2. The summed E-state index contributed by atoms with van der Waals surface area (Å²) in [5, 5.41) is 2.50. The monoisotopic (exact) mass is 378 g/mol. The zero-order chi connectivity index (χ0) is 19.9. The molecule has 0 saturated carbocycles. The highest BCUT2D eigenvalue weighted by Crippen LogP contribution is 2.14. The third kappa shape index (κ3) is 4.76. The summed E-state index contributed by atoms with van der Waals surface area (Å²) in [4.78, 5) is 34.6. The van der Waals surface area contributed by atoms with Crippen LogP contribution in [0.5, 0.6) is 0 Å². The maximum Gasteiger partial charge on any atom is 0.272 e. The van der Waals surface area contributed by atoms with Gasteiger partial charge >= 0.3 is 0 Å². The number of benzene rings is 1. The van der Waals surface area contributed by atoms with Crippen LogP contribution in [0.1, 0.15) is 26.4 Å².